The molecule has 0 radical (unpaired) electrons. The average molecular weight is 598 g/mol. The van der Waals surface area contributed by atoms with Gasteiger partial charge in [-0.3, -0.25) is 13.9 Å². The summed E-state index contributed by atoms with van der Waals surface area (Å²) in [5.74, 6) is -0.465. The Hall–Kier alpha value is -3.36. The number of nitrogens with one attached hydrogen (secondary N) is 1. The molecular weight excluding hydrogens is 558 g/mol. The quantitative estimate of drug-likeness (QED) is 0.275. The van der Waals surface area contributed by atoms with E-state index in [4.69, 9.17) is 11.6 Å². The van der Waals surface area contributed by atoms with Gasteiger partial charge in [0.25, 0.3) is 0 Å². The predicted molar refractivity (Wildman–Crippen MR) is 167 cm³/mol. The van der Waals surface area contributed by atoms with E-state index in [0.717, 1.165) is 22.3 Å². The maximum Gasteiger partial charge on any atom is 0.243 e. The van der Waals surface area contributed by atoms with Gasteiger partial charge in [0.2, 0.25) is 21.8 Å². The summed E-state index contributed by atoms with van der Waals surface area (Å²) in [6.07, 6.45) is 1.88. The van der Waals surface area contributed by atoms with Crippen LogP contribution in [0.2, 0.25) is 5.02 Å². The fourth-order valence-corrected chi connectivity index (χ4v) is 5.89. The smallest absolute Gasteiger partial charge is 0.243 e. The van der Waals surface area contributed by atoms with Crippen molar-refractivity contribution in [1.82, 2.24) is 10.2 Å². The van der Waals surface area contributed by atoms with E-state index >= 15 is 0 Å². The number of anilines is 1. The highest BCUT2D eigenvalue weighted by Gasteiger charge is 2.31. The monoisotopic (exact) mass is 597 g/mol. The fraction of sp³-hybridized carbons (Fsp3) is 0.375. The van der Waals surface area contributed by atoms with Crippen LogP contribution < -0.4 is 9.62 Å². The number of sulfonamides is 1. The second kappa shape index (κ2) is 14.5. The number of benzene rings is 3. The first-order chi connectivity index (χ1) is 19.3. The molecule has 7 nitrogen and oxygen atoms in total. The summed E-state index contributed by atoms with van der Waals surface area (Å²) in [6.45, 7) is 7.97. The molecule has 0 aromatic heterocycles. The Kier molecular flexibility index (Phi) is 11.4. The van der Waals surface area contributed by atoms with Gasteiger partial charge in [-0.15, -0.1) is 0 Å². The standard InChI is InChI=1S/C32H40ClN3O4S/c1-23(2)34-32(38)30(21-26-10-7-6-8-11-26)35(22-27-13-15-28(33)16-14-27)31(37)12-9-17-36(41(5,39)40)29-19-24(3)18-25(4)20-29/h6-8,10-11,13-16,18-20,23,30H,9,12,17,21-22H2,1-5H3,(H,34,38). The van der Waals surface area contributed by atoms with Crippen molar-refractivity contribution >= 4 is 39.1 Å². The lowest BCUT2D eigenvalue weighted by Gasteiger charge is -2.32. The third kappa shape index (κ3) is 9.90. The third-order valence-electron chi connectivity index (χ3n) is 6.61. The molecule has 3 aromatic carbocycles. The molecule has 0 heterocycles. The van der Waals surface area contributed by atoms with Crippen molar-refractivity contribution in [2.45, 2.75) is 65.6 Å². The summed E-state index contributed by atoms with van der Waals surface area (Å²) in [5, 5.41) is 3.56. The maximum atomic E-state index is 13.9. The van der Waals surface area contributed by atoms with E-state index in [0.29, 0.717) is 23.6 Å². The largest absolute Gasteiger partial charge is 0.352 e. The van der Waals surface area contributed by atoms with Crippen molar-refractivity contribution in [3.05, 3.63) is 100 Å². The van der Waals surface area contributed by atoms with Gasteiger partial charge in [-0.1, -0.05) is 60.1 Å². The summed E-state index contributed by atoms with van der Waals surface area (Å²) in [6, 6.07) is 21.6. The van der Waals surface area contributed by atoms with Crippen LogP contribution in [-0.4, -0.2) is 50.0 Å². The Balaban J connectivity index is 1.89. The Morgan fingerprint density at radius 2 is 1.51 bits per heavy atom. The molecule has 1 atom stereocenters. The Labute approximate surface area is 249 Å². The number of carbonyl (C=O) groups excluding carboxylic acids is 2. The van der Waals surface area contributed by atoms with Gasteiger partial charge in [0.1, 0.15) is 6.04 Å². The minimum absolute atomic E-state index is 0.0741. The van der Waals surface area contributed by atoms with Crippen LogP contribution in [0.1, 0.15) is 48.9 Å². The molecule has 0 aliphatic rings. The number of halogens is 1. The fourth-order valence-electron chi connectivity index (χ4n) is 4.82. The molecule has 41 heavy (non-hydrogen) atoms. The van der Waals surface area contributed by atoms with Crippen LogP contribution in [0.4, 0.5) is 5.69 Å². The van der Waals surface area contributed by atoms with Crippen molar-refractivity contribution in [2.75, 3.05) is 17.1 Å². The number of rotatable bonds is 13. The molecule has 3 aromatic rings. The highest BCUT2D eigenvalue weighted by atomic mass is 35.5. The van der Waals surface area contributed by atoms with Crippen LogP contribution in [-0.2, 0) is 32.6 Å². The topological polar surface area (TPSA) is 86.8 Å². The molecule has 1 unspecified atom stereocenters. The van der Waals surface area contributed by atoms with Crippen molar-refractivity contribution in [1.29, 1.82) is 0 Å². The maximum absolute atomic E-state index is 13.9. The lowest BCUT2D eigenvalue weighted by Crippen LogP contribution is -2.51. The summed E-state index contributed by atoms with van der Waals surface area (Å²) in [4.78, 5) is 29.0. The molecule has 1 N–H and O–H groups in total. The van der Waals surface area contributed by atoms with Crippen LogP contribution in [0.25, 0.3) is 0 Å². The zero-order valence-electron chi connectivity index (χ0n) is 24.4. The average Bonchev–Trinajstić information content (AvgIpc) is 2.88. The van der Waals surface area contributed by atoms with Crippen molar-refractivity contribution in [3.8, 4) is 0 Å². The predicted octanol–water partition coefficient (Wildman–Crippen LogP) is 5.67. The van der Waals surface area contributed by atoms with Crippen LogP contribution in [0, 0.1) is 13.8 Å². The first-order valence-corrected chi connectivity index (χ1v) is 16.0. The Morgan fingerprint density at radius 3 is 2.07 bits per heavy atom. The van der Waals surface area contributed by atoms with Crippen LogP contribution >= 0.6 is 11.6 Å². The van der Waals surface area contributed by atoms with Gasteiger partial charge in [-0.25, -0.2) is 8.42 Å². The molecular formula is C32H40ClN3O4S. The summed E-state index contributed by atoms with van der Waals surface area (Å²) >= 11 is 6.09. The van der Waals surface area contributed by atoms with Gasteiger partial charge >= 0.3 is 0 Å². The molecule has 3 rings (SSSR count). The van der Waals surface area contributed by atoms with Crippen molar-refractivity contribution in [2.24, 2.45) is 0 Å². The molecule has 2 amide bonds. The molecule has 0 bridgehead atoms. The Morgan fingerprint density at radius 1 is 0.902 bits per heavy atom. The number of hydrogen-bond acceptors (Lipinski definition) is 4. The highest BCUT2D eigenvalue weighted by Crippen LogP contribution is 2.23. The van der Waals surface area contributed by atoms with Gasteiger partial charge in [0.15, 0.2) is 0 Å². The molecule has 0 saturated carbocycles. The lowest BCUT2D eigenvalue weighted by molar-refractivity contribution is -0.141. The molecule has 0 aliphatic heterocycles. The van der Waals surface area contributed by atoms with E-state index in [-0.39, 0.29) is 37.4 Å². The van der Waals surface area contributed by atoms with Gasteiger partial charge in [0.05, 0.1) is 11.9 Å². The molecule has 0 fully saturated rings. The first-order valence-electron chi connectivity index (χ1n) is 13.8. The normalized spacial score (nSPS) is 12.2. The van der Waals surface area contributed by atoms with E-state index in [1.807, 2.05) is 88.4 Å². The van der Waals surface area contributed by atoms with Gasteiger partial charge in [-0.2, -0.15) is 0 Å². The summed E-state index contributed by atoms with van der Waals surface area (Å²) in [5.41, 5.74) is 4.26. The molecule has 220 valence electrons. The second-order valence-electron chi connectivity index (χ2n) is 10.8. The van der Waals surface area contributed by atoms with Gasteiger partial charge in [-0.05, 0) is 80.6 Å². The van der Waals surface area contributed by atoms with Crippen molar-refractivity contribution in [3.63, 3.8) is 0 Å². The van der Waals surface area contributed by atoms with Crippen LogP contribution in [0.5, 0.6) is 0 Å². The van der Waals surface area contributed by atoms with Crippen LogP contribution in [0.3, 0.4) is 0 Å². The number of hydrogen-bond donors (Lipinski definition) is 1. The van der Waals surface area contributed by atoms with Gasteiger partial charge in [0, 0.05) is 37.0 Å². The van der Waals surface area contributed by atoms with Gasteiger partial charge < -0.3 is 10.2 Å². The number of aryl methyl sites for hydroxylation is 2. The molecule has 0 spiro atoms. The minimum atomic E-state index is -3.57. The minimum Gasteiger partial charge on any atom is -0.352 e. The van der Waals surface area contributed by atoms with Crippen molar-refractivity contribution < 1.29 is 18.0 Å². The van der Waals surface area contributed by atoms with Crippen LogP contribution in [0.15, 0.2) is 72.8 Å². The zero-order chi connectivity index (χ0) is 30.2. The highest BCUT2D eigenvalue weighted by molar-refractivity contribution is 7.92. The summed E-state index contributed by atoms with van der Waals surface area (Å²) in [7, 11) is -3.57. The summed E-state index contributed by atoms with van der Waals surface area (Å²) < 4.78 is 26.8. The Bertz CT molecular complexity index is 1410. The first kappa shape index (κ1) is 32.2. The molecule has 0 aliphatic carbocycles. The number of nitrogens with zero attached hydrogens (tertiary/aromatic N) is 2. The van der Waals surface area contributed by atoms with E-state index in [2.05, 4.69) is 5.32 Å². The number of amides is 2. The molecule has 0 saturated heterocycles. The van der Waals surface area contributed by atoms with E-state index in [1.54, 1.807) is 17.0 Å². The molecule has 9 heteroatoms. The van der Waals surface area contributed by atoms with E-state index in [1.165, 1.54) is 10.6 Å². The lowest BCUT2D eigenvalue weighted by atomic mass is 10.0. The SMILES string of the molecule is Cc1cc(C)cc(N(CCCC(=O)N(Cc2ccc(Cl)cc2)C(Cc2ccccc2)C(=O)NC(C)C)S(C)(=O)=O)c1. The zero-order valence-corrected chi connectivity index (χ0v) is 26.0. The van der Waals surface area contributed by atoms with E-state index < -0.39 is 16.1 Å². The number of carbonyl (C=O) groups is 2. The second-order valence-corrected chi connectivity index (χ2v) is 13.1. The third-order valence-corrected chi connectivity index (χ3v) is 8.06. The van der Waals surface area contributed by atoms with E-state index in [9.17, 15) is 18.0 Å².